The van der Waals surface area contributed by atoms with Crippen LogP contribution >= 0.6 is 12.2 Å². The second-order valence-electron chi connectivity index (χ2n) is 6.82. The van der Waals surface area contributed by atoms with Crippen LogP contribution in [0.25, 0.3) is 0 Å². The third-order valence-corrected chi connectivity index (χ3v) is 5.26. The standard InChI is InChI=1S/C21H27N3OS/c1-5-24-14-17(25-19-12-7-6-11-18(19)24)13-23(4)21(26)22-20-15(2)9-8-10-16(20)3/h6-12,17H,5,13-14H2,1-4H3,(H,22,26)/t17-/m1/s1. The molecular weight excluding hydrogens is 342 g/mol. The van der Waals surface area contributed by atoms with Crippen LogP contribution in [-0.4, -0.2) is 42.8 Å². The summed E-state index contributed by atoms with van der Waals surface area (Å²) < 4.78 is 6.21. The summed E-state index contributed by atoms with van der Waals surface area (Å²) in [5.41, 5.74) is 4.65. The van der Waals surface area contributed by atoms with Crippen molar-refractivity contribution in [3.8, 4) is 5.75 Å². The van der Waals surface area contributed by atoms with Crippen molar-refractivity contribution in [1.82, 2.24) is 4.90 Å². The topological polar surface area (TPSA) is 27.7 Å². The van der Waals surface area contributed by atoms with Crippen molar-refractivity contribution in [3.63, 3.8) is 0 Å². The lowest BCUT2D eigenvalue weighted by molar-refractivity contribution is 0.169. The van der Waals surface area contributed by atoms with Gasteiger partial charge in [0.05, 0.1) is 18.8 Å². The highest BCUT2D eigenvalue weighted by atomic mass is 32.1. The smallest absolute Gasteiger partial charge is 0.173 e. The molecule has 3 rings (SSSR count). The highest BCUT2D eigenvalue weighted by Crippen LogP contribution is 2.32. The third kappa shape index (κ3) is 3.93. The lowest BCUT2D eigenvalue weighted by Gasteiger charge is -2.37. The zero-order chi connectivity index (χ0) is 18.7. The van der Waals surface area contributed by atoms with E-state index < -0.39 is 0 Å². The molecule has 0 bridgehead atoms. The first kappa shape index (κ1) is 18.5. The number of aryl methyl sites for hydroxylation is 2. The number of anilines is 2. The second-order valence-corrected chi connectivity index (χ2v) is 7.21. The summed E-state index contributed by atoms with van der Waals surface area (Å²) in [6, 6.07) is 14.5. The fourth-order valence-electron chi connectivity index (χ4n) is 3.38. The SMILES string of the molecule is CCN1C[C@@H](CN(C)C(=S)Nc2c(C)cccc2C)Oc2ccccc21. The molecule has 0 spiro atoms. The van der Waals surface area contributed by atoms with Gasteiger partial charge in [0, 0.05) is 19.3 Å². The molecule has 2 aromatic carbocycles. The lowest BCUT2D eigenvalue weighted by Crippen LogP contribution is -2.47. The zero-order valence-electron chi connectivity index (χ0n) is 16.0. The van der Waals surface area contributed by atoms with Crippen molar-refractivity contribution in [2.45, 2.75) is 26.9 Å². The minimum atomic E-state index is 0.0765. The van der Waals surface area contributed by atoms with E-state index in [-0.39, 0.29) is 6.10 Å². The van der Waals surface area contributed by atoms with Gasteiger partial charge >= 0.3 is 0 Å². The maximum absolute atomic E-state index is 6.21. The summed E-state index contributed by atoms with van der Waals surface area (Å²) in [5.74, 6) is 0.952. The van der Waals surface area contributed by atoms with Gasteiger partial charge in [-0.25, -0.2) is 0 Å². The Kier molecular flexibility index (Phi) is 5.67. The quantitative estimate of drug-likeness (QED) is 0.815. The lowest BCUT2D eigenvalue weighted by atomic mass is 10.1. The fourth-order valence-corrected chi connectivity index (χ4v) is 3.55. The number of nitrogens with zero attached hydrogens (tertiary/aromatic N) is 2. The van der Waals surface area contributed by atoms with Gasteiger partial charge in [0.1, 0.15) is 11.9 Å². The maximum atomic E-state index is 6.21. The number of rotatable bonds is 4. The van der Waals surface area contributed by atoms with Crippen molar-refractivity contribution >= 4 is 28.7 Å². The van der Waals surface area contributed by atoms with Crippen LogP contribution in [0.5, 0.6) is 5.75 Å². The van der Waals surface area contributed by atoms with Gasteiger partial charge in [-0.15, -0.1) is 0 Å². The molecule has 1 heterocycles. The van der Waals surface area contributed by atoms with Gasteiger partial charge in [-0.3, -0.25) is 0 Å². The maximum Gasteiger partial charge on any atom is 0.173 e. The van der Waals surface area contributed by atoms with Crippen molar-refractivity contribution in [1.29, 1.82) is 0 Å². The van der Waals surface area contributed by atoms with Gasteiger partial charge < -0.3 is 19.9 Å². The van der Waals surface area contributed by atoms with E-state index in [0.29, 0.717) is 5.11 Å². The first-order valence-electron chi connectivity index (χ1n) is 9.08. The summed E-state index contributed by atoms with van der Waals surface area (Å²) in [6.07, 6.45) is 0.0765. The zero-order valence-corrected chi connectivity index (χ0v) is 16.8. The number of likely N-dealkylation sites (N-methyl/N-ethyl adjacent to an activating group) is 2. The first-order valence-corrected chi connectivity index (χ1v) is 9.49. The fraction of sp³-hybridized carbons (Fsp3) is 0.381. The van der Waals surface area contributed by atoms with E-state index in [2.05, 4.69) is 66.2 Å². The minimum absolute atomic E-state index is 0.0765. The van der Waals surface area contributed by atoms with E-state index in [1.165, 1.54) is 16.8 Å². The molecule has 0 radical (unpaired) electrons. The molecule has 1 aliphatic rings. The van der Waals surface area contributed by atoms with Crippen LogP contribution in [0.4, 0.5) is 11.4 Å². The Labute approximate surface area is 161 Å². The second kappa shape index (κ2) is 7.96. The van der Waals surface area contributed by atoms with Gasteiger partial charge in [0.25, 0.3) is 0 Å². The molecule has 0 fully saturated rings. The molecule has 0 saturated heterocycles. The highest BCUT2D eigenvalue weighted by molar-refractivity contribution is 7.80. The Morgan fingerprint density at radius 2 is 1.88 bits per heavy atom. The Morgan fingerprint density at radius 1 is 1.19 bits per heavy atom. The average Bonchev–Trinajstić information content (AvgIpc) is 2.64. The van der Waals surface area contributed by atoms with E-state index in [4.69, 9.17) is 17.0 Å². The molecule has 5 heteroatoms. The Hall–Kier alpha value is -2.27. The molecule has 1 atom stereocenters. The van der Waals surface area contributed by atoms with Crippen LogP contribution < -0.4 is 15.0 Å². The van der Waals surface area contributed by atoms with Crippen LogP contribution in [0, 0.1) is 13.8 Å². The van der Waals surface area contributed by atoms with E-state index in [1.54, 1.807) is 0 Å². The van der Waals surface area contributed by atoms with Crippen molar-refractivity contribution in [3.05, 3.63) is 53.6 Å². The first-order chi connectivity index (χ1) is 12.5. The molecule has 1 N–H and O–H groups in total. The number of benzene rings is 2. The molecule has 0 aromatic heterocycles. The van der Waals surface area contributed by atoms with Gasteiger partial charge in [0.2, 0.25) is 0 Å². The number of hydrogen-bond donors (Lipinski definition) is 1. The van der Waals surface area contributed by atoms with E-state index in [0.717, 1.165) is 31.1 Å². The van der Waals surface area contributed by atoms with Crippen LogP contribution in [0.1, 0.15) is 18.1 Å². The molecule has 0 amide bonds. The Morgan fingerprint density at radius 3 is 2.58 bits per heavy atom. The summed E-state index contributed by atoms with van der Waals surface area (Å²) >= 11 is 5.63. The summed E-state index contributed by atoms with van der Waals surface area (Å²) in [4.78, 5) is 4.42. The molecular formula is C21H27N3OS. The number of thiocarbonyl (C=S) groups is 1. The molecule has 0 unspecified atom stereocenters. The van der Waals surface area contributed by atoms with E-state index >= 15 is 0 Å². The molecule has 0 saturated carbocycles. The average molecular weight is 370 g/mol. The summed E-state index contributed by atoms with van der Waals surface area (Å²) in [7, 11) is 2.02. The predicted molar refractivity (Wildman–Crippen MR) is 114 cm³/mol. The molecule has 2 aromatic rings. The van der Waals surface area contributed by atoms with Gasteiger partial charge in [-0.1, -0.05) is 30.3 Å². The van der Waals surface area contributed by atoms with Crippen molar-refractivity contribution in [2.75, 3.05) is 36.9 Å². The van der Waals surface area contributed by atoms with Crippen LogP contribution in [-0.2, 0) is 0 Å². The molecule has 4 nitrogen and oxygen atoms in total. The van der Waals surface area contributed by atoms with Crippen LogP contribution in [0.3, 0.4) is 0 Å². The van der Waals surface area contributed by atoms with Gasteiger partial charge in [-0.2, -0.15) is 0 Å². The predicted octanol–water partition coefficient (Wildman–Crippen LogP) is 4.22. The number of nitrogens with one attached hydrogen (secondary N) is 1. The van der Waals surface area contributed by atoms with E-state index in [9.17, 15) is 0 Å². The largest absolute Gasteiger partial charge is 0.485 e. The number of para-hydroxylation sites is 3. The van der Waals surface area contributed by atoms with Gasteiger partial charge in [0.15, 0.2) is 5.11 Å². The van der Waals surface area contributed by atoms with E-state index in [1.807, 2.05) is 19.2 Å². The van der Waals surface area contributed by atoms with Gasteiger partial charge in [-0.05, 0) is 56.2 Å². The Balaban J connectivity index is 1.66. The van der Waals surface area contributed by atoms with Crippen LogP contribution in [0.15, 0.2) is 42.5 Å². The van der Waals surface area contributed by atoms with Crippen molar-refractivity contribution in [2.24, 2.45) is 0 Å². The molecule has 0 aliphatic carbocycles. The third-order valence-electron chi connectivity index (χ3n) is 4.84. The Bertz CT molecular complexity index is 772. The minimum Gasteiger partial charge on any atom is -0.485 e. The van der Waals surface area contributed by atoms with Crippen LogP contribution in [0.2, 0.25) is 0 Å². The number of fused-ring (bicyclic) bond motifs is 1. The summed E-state index contributed by atoms with van der Waals surface area (Å²) in [6.45, 7) is 8.93. The van der Waals surface area contributed by atoms with Crippen molar-refractivity contribution < 1.29 is 4.74 Å². The normalized spacial score (nSPS) is 15.8. The monoisotopic (exact) mass is 369 g/mol. The molecule has 26 heavy (non-hydrogen) atoms. The number of ether oxygens (including phenoxy) is 1. The summed E-state index contributed by atoms with van der Waals surface area (Å²) in [5, 5.41) is 4.12. The highest BCUT2D eigenvalue weighted by Gasteiger charge is 2.26. The number of hydrogen-bond acceptors (Lipinski definition) is 3. The molecule has 138 valence electrons. The molecule has 1 aliphatic heterocycles.